The second-order valence-electron chi connectivity index (χ2n) is 5.32. The van der Waals surface area contributed by atoms with Crippen LogP contribution in [0.3, 0.4) is 0 Å². The van der Waals surface area contributed by atoms with Gasteiger partial charge in [-0.05, 0) is 19.9 Å². The minimum absolute atomic E-state index is 0.0311. The molecule has 1 atom stereocenters. The molecule has 1 aliphatic heterocycles. The molecule has 1 aliphatic rings. The first-order valence-electron chi connectivity index (χ1n) is 7.07. The Morgan fingerprint density at radius 2 is 2.30 bits per heavy atom. The van der Waals surface area contributed by atoms with Gasteiger partial charge in [0.15, 0.2) is 11.6 Å². The highest BCUT2D eigenvalue weighted by molar-refractivity contribution is 5.34. The molecule has 1 unspecified atom stereocenters. The molecule has 0 spiro atoms. The van der Waals surface area contributed by atoms with Crippen molar-refractivity contribution in [2.45, 2.75) is 32.5 Å². The predicted molar refractivity (Wildman–Crippen MR) is 76.2 cm³/mol. The van der Waals surface area contributed by atoms with Gasteiger partial charge in [0.2, 0.25) is 0 Å². The van der Waals surface area contributed by atoms with Crippen LogP contribution >= 0.6 is 0 Å². The number of halogens is 1. The van der Waals surface area contributed by atoms with Crippen molar-refractivity contribution in [3.05, 3.63) is 29.6 Å². The van der Waals surface area contributed by atoms with Gasteiger partial charge in [-0.3, -0.25) is 4.90 Å². The van der Waals surface area contributed by atoms with E-state index in [0.717, 1.165) is 13.1 Å². The largest absolute Gasteiger partial charge is 0.487 e. The van der Waals surface area contributed by atoms with E-state index in [9.17, 15) is 4.39 Å². The van der Waals surface area contributed by atoms with Gasteiger partial charge in [-0.15, -0.1) is 0 Å². The topological polar surface area (TPSA) is 47.7 Å². The third kappa shape index (κ3) is 3.69. The van der Waals surface area contributed by atoms with Crippen molar-refractivity contribution in [2.24, 2.45) is 5.73 Å². The van der Waals surface area contributed by atoms with Crippen molar-refractivity contribution >= 4 is 0 Å². The number of hydrogen-bond acceptors (Lipinski definition) is 4. The van der Waals surface area contributed by atoms with Crippen LogP contribution in [-0.4, -0.2) is 43.3 Å². The van der Waals surface area contributed by atoms with Crippen molar-refractivity contribution in [1.29, 1.82) is 0 Å². The maximum Gasteiger partial charge on any atom is 0.165 e. The number of hydrogen-bond donors (Lipinski definition) is 1. The summed E-state index contributed by atoms with van der Waals surface area (Å²) < 4.78 is 25.1. The summed E-state index contributed by atoms with van der Waals surface area (Å²) in [5.41, 5.74) is 6.29. The molecule has 0 aromatic heterocycles. The summed E-state index contributed by atoms with van der Waals surface area (Å²) >= 11 is 0. The standard InChI is InChI=1S/C15H23FN2O2/c1-11(2)18-6-7-19-13(9-18)10-20-15-12(8-17)4-3-5-14(15)16/h3-5,11,13H,6-10,17H2,1-2H3. The van der Waals surface area contributed by atoms with Gasteiger partial charge < -0.3 is 15.2 Å². The Kier molecular flexibility index (Phi) is 5.34. The highest BCUT2D eigenvalue weighted by Gasteiger charge is 2.23. The van der Waals surface area contributed by atoms with Crippen molar-refractivity contribution in [3.63, 3.8) is 0 Å². The summed E-state index contributed by atoms with van der Waals surface area (Å²) in [4.78, 5) is 2.34. The third-order valence-corrected chi connectivity index (χ3v) is 3.58. The second kappa shape index (κ2) is 7.02. The van der Waals surface area contributed by atoms with Crippen molar-refractivity contribution in [1.82, 2.24) is 4.90 Å². The number of rotatable bonds is 5. The second-order valence-corrected chi connectivity index (χ2v) is 5.32. The van der Waals surface area contributed by atoms with Crippen molar-refractivity contribution in [3.8, 4) is 5.75 Å². The van der Waals surface area contributed by atoms with E-state index in [2.05, 4.69) is 18.7 Å². The first-order valence-corrected chi connectivity index (χ1v) is 7.07. The zero-order valence-corrected chi connectivity index (χ0v) is 12.1. The van der Waals surface area contributed by atoms with Gasteiger partial charge in [0, 0.05) is 31.2 Å². The van der Waals surface area contributed by atoms with E-state index in [4.69, 9.17) is 15.2 Å². The van der Waals surface area contributed by atoms with Gasteiger partial charge in [0.25, 0.3) is 0 Å². The Morgan fingerprint density at radius 1 is 1.50 bits per heavy atom. The molecule has 2 rings (SSSR count). The first kappa shape index (κ1) is 15.2. The molecule has 1 aromatic carbocycles. The van der Waals surface area contributed by atoms with Gasteiger partial charge in [0.1, 0.15) is 12.7 Å². The van der Waals surface area contributed by atoms with E-state index in [1.807, 2.05) is 0 Å². The summed E-state index contributed by atoms with van der Waals surface area (Å²) in [5, 5.41) is 0. The van der Waals surface area contributed by atoms with Crippen LogP contribution in [0.25, 0.3) is 0 Å². The van der Waals surface area contributed by atoms with E-state index in [1.165, 1.54) is 6.07 Å². The van der Waals surface area contributed by atoms with E-state index in [1.54, 1.807) is 12.1 Å². The van der Waals surface area contributed by atoms with E-state index in [-0.39, 0.29) is 24.2 Å². The molecule has 2 N–H and O–H groups in total. The Morgan fingerprint density at radius 3 is 3.00 bits per heavy atom. The maximum absolute atomic E-state index is 13.8. The number of benzene rings is 1. The van der Waals surface area contributed by atoms with Crippen LogP contribution in [0.2, 0.25) is 0 Å². The molecule has 0 bridgehead atoms. The molecule has 0 radical (unpaired) electrons. The summed E-state index contributed by atoms with van der Waals surface area (Å²) in [7, 11) is 0. The molecule has 1 heterocycles. The summed E-state index contributed by atoms with van der Waals surface area (Å²) in [5.74, 6) is -0.121. The van der Waals surface area contributed by atoms with Crippen LogP contribution in [0.1, 0.15) is 19.4 Å². The fourth-order valence-corrected chi connectivity index (χ4v) is 2.36. The summed E-state index contributed by atoms with van der Waals surface area (Å²) in [6.45, 7) is 7.35. The lowest BCUT2D eigenvalue weighted by Crippen LogP contribution is -2.47. The summed E-state index contributed by atoms with van der Waals surface area (Å²) in [6, 6.07) is 5.29. The average Bonchev–Trinajstić information content (AvgIpc) is 2.46. The van der Waals surface area contributed by atoms with Crippen LogP contribution in [0.15, 0.2) is 18.2 Å². The van der Waals surface area contributed by atoms with Gasteiger partial charge in [-0.1, -0.05) is 12.1 Å². The van der Waals surface area contributed by atoms with Crippen LogP contribution in [0.5, 0.6) is 5.75 Å². The molecule has 5 heteroatoms. The Bertz CT molecular complexity index is 440. The van der Waals surface area contributed by atoms with Crippen LogP contribution in [0.4, 0.5) is 4.39 Å². The van der Waals surface area contributed by atoms with Crippen molar-refractivity contribution in [2.75, 3.05) is 26.3 Å². The monoisotopic (exact) mass is 282 g/mol. The van der Waals surface area contributed by atoms with Crippen LogP contribution in [-0.2, 0) is 11.3 Å². The lowest BCUT2D eigenvalue weighted by atomic mass is 10.2. The Labute approximate surface area is 119 Å². The Hall–Kier alpha value is -1.17. The fraction of sp³-hybridized carbons (Fsp3) is 0.600. The molecule has 112 valence electrons. The van der Waals surface area contributed by atoms with Gasteiger partial charge in [-0.2, -0.15) is 0 Å². The van der Waals surface area contributed by atoms with Crippen LogP contribution < -0.4 is 10.5 Å². The normalized spacial score (nSPS) is 20.4. The van der Waals surface area contributed by atoms with E-state index < -0.39 is 0 Å². The molecule has 4 nitrogen and oxygen atoms in total. The molecule has 1 aromatic rings. The number of para-hydroxylation sites is 1. The minimum atomic E-state index is -0.371. The van der Waals surface area contributed by atoms with Gasteiger partial charge in [-0.25, -0.2) is 4.39 Å². The molecule has 1 fully saturated rings. The smallest absolute Gasteiger partial charge is 0.165 e. The zero-order chi connectivity index (χ0) is 14.5. The lowest BCUT2D eigenvalue weighted by molar-refractivity contribution is -0.0569. The number of ether oxygens (including phenoxy) is 2. The SMILES string of the molecule is CC(C)N1CCOC(COc2c(F)cccc2CN)C1. The third-order valence-electron chi connectivity index (χ3n) is 3.58. The van der Waals surface area contributed by atoms with Crippen molar-refractivity contribution < 1.29 is 13.9 Å². The molecular weight excluding hydrogens is 259 g/mol. The predicted octanol–water partition coefficient (Wildman–Crippen LogP) is 1.77. The highest BCUT2D eigenvalue weighted by atomic mass is 19.1. The molecular formula is C15H23FN2O2. The van der Waals surface area contributed by atoms with Gasteiger partial charge in [0.05, 0.1) is 6.61 Å². The minimum Gasteiger partial charge on any atom is -0.487 e. The van der Waals surface area contributed by atoms with E-state index in [0.29, 0.717) is 24.8 Å². The van der Waals surface area contributed by atoms with Gasteiger partial charge >= 0.3 is 0 Å². The highest BCUT2D eigenvalue weighted by Crippen LogP contribution is 2.23. The average molecular weight is 282 g/mol. The Balaban J connectivity index is 1.95. The maximum atomic E-state index is 13.8. The molecule has 0 amide bonds. The number of morpholine rings is 1. The van der Waals surface area contributed by atoms with E-state index >= 15 is 0 Å². The molecule has 0 saturated carbocycles. The number of nitrogens with zero attached hydrogens (tertiary/aromatic N) is 1. The zero-order valence-electron chi connectivity index (χ0n) is 12.1. The lowest BCUT2D eigenvalue weighted by Gasteiger charge is -2.35. The fourth-order valence-electron chi connectivity index (χ4n) is 2.36. The summed E-state index contributed by atoms with van der Waals surface area (Å²) in [6.07, 6.45) is -0.0311. The number of nitrogens with two attached hydrogens (primary N) is 1. The molecule has 20 heavy (non-hydrogen) atoms. The molecule has 0 aliphatic carbocycles. The first-order chi connectivity index (χ1) is 9.61. The van der Waals surface area contributed by atoms with Crippen LogP contribution in [0, 0.1) is 5.82 Å². The quantitative estimate of drug-likeness (QED) is 0.894. The molecule has 1 saturated heterocycles.